The Morgan fingerprint density at radius 3 is 3.00 bits per heavy atom. The van der Waals surface area contributed by atoms with E-state index >= 15 is 0 Å². The minimum absolute atomic E-state index is 0.159. The minimum atomic E-state index is -0.412. The van der Waals surface area contributed by atoms with Gasteiger partial charge in [-0.05, 0) is 25.8 Å². The van der Waals surface area contributed by atoms with Crippen LogP contribution in [0.1, 0.15) is 26.2 Å². The first kappa shape index (κ1) is 10.5. The van der Waals surface area contributed by atoms with Crippen molar-refractivity contribution < 1.29 is 9.53 Å². The number of amides is 1. The normalized spacial score (nSPS) is 25.5. The van der Waals surface area contributed by atoms with Gasteiger partial charge < -0.3 is 15.8 Å². The van der Waals surface area contributed by atoms with Gasteiger partial charge in [0.25, 0.3) is 0 Å². The van der Waals surface area contributed by atoms with Crippen LogP contribution in [0.3, 0.4) is 0 Å². The molecule has 4 nitrogen and oxygen atoms in total. The van der Waals surface area contributed by atoms with Crippen LogP contribution in [-0.4, -0.2) is 31.2 Å². The molecule has 1 heterocycles. The summed E-state index contributed by atoms with van der Waals surface area (Å²) >= 11 is 0. The number of nitrogens with one attached hydrogen (secondary N) is 1. The Morgan fingerprint density at radius 2 is 2.54 bits per heavy atom. The standard InChI is InChI=1S/C9H18N2O2/c1-2-8(9(10)12)13-7-4-3-5-11-6-7/h7-8,11H,2-6H2,1H3,(H2,10,12)/t7-,8-/m1/s1. The Bertz CT molecular complexity index is 167. The highest BCUT2D eigenvalue weighted by atomic mass is 16.5. The van der Waals surface area contributed by atoms with Crippen LogP contribution >= 0.6 is 0 Å². The third-order valence-electron chi connectivity index (χ3n) is 2.30. The molecule has 1 aliphatic heterocycles. The van der Waals surface area contributed by atoms with Crippen LogP contribution in [-0.2, 0) is 9.53 Å². The van der Waals surface area contributed by atoms with E-state index in [1.807, 2.05) is 6.92 Å². The fourth-order valence-electron chi connectivity index (χ4n) is 1.53. The van der Waals surface area contributed by atoms with E-state index in [4.69, 9.17) is 10.5 Å². The van der Waals surface area contributed by atoms with Gasteiger partial charge in [-0.3, -0.25) is 4.79 Å². The van der Waals surface area contributed by atoms with Crippen LogP contribution in [0.2, 0.25) is 0 Å². The van der Waals surface area contributed by atoms with Gasteiger partial charge in [0.1, 0.15) is 6.10 Å². The van der Waals surface area contributed by atoms with Gasteiger partial charge in [-0.1, -0.05) is 6.92 Å². The van der Waals surface area contributed by atoms with Crippen molar-refractivity contribution in [3.05, 3.63) is 0 Å². The zero-order valence-electron chi connectivity index (χ0n) is 8.08. The summed E-state index contributed by atoms with van der Waals surface area (Å²) < 4.78 is 5.56. The maximum absolute atomic E-state index is 10.9. The number of rotatable bonds is 4. The van der Waals surface area contributed by atoms with E-state index in [-0.39, 0.29) is 12.0 Å². The number of ether oxygens (including phenoxy) is 1. The monoisotopic (exact) mass is 186 g/mol. The molecule has 76 valence electrons. The molecule has 0 aromatic rings. The van der Waals surface area contributed by atoms with E-state index < -0.39 is 6.10 Å². The highest BCUT2D eigenvalue weighted by Crippen LogP contribution is 2.10. The van der Waals surface area contributed by atoms with E-state index in [1.54, 1.807) is 0 Å². The number of piperidine rings is 1. The third-order valence-corrected chi connectivity index (χ3v) is 2.30. The third kappa shape index (κ3) is 3.32. The highest BCUT2D eigenvalue weighted by Gasteiger charge is 2.20. The zero-order valence-corrected chi connectivity index (χ0v) is 8.08. The van der Waals surface area contributed by atoms with Crippen LogP contribution in [0.15, 0.2) is 0 Å². The minimum Gasteiger partial charge on any atom is -0.367 e. The first-order valence-electron chi connectivity index (χ1n) is 4.89. The lowest BCUT2D eigenvalue weighted by molar-refractivity contribution is -0.134. The molecule has 4 heteroatoms. The second kappa shape index (κ2) is 5.19. The molecule has 0 bridgehead atoms. The van der Waals surface area contributed by atoms with Crippen molar-refractivity contribution >= 4 is 5.91 Å². The quantitative estimate of drug-likeness (QED) is 0.650. The Kier molecular flexibility index (Phi) is 4.18. The SMILES string of the molecule is CC[C@@H](O[C@@H]1CCCNC1)C(N)=O. The Hall–Kier alpha value is -0.610. The van der Waals surface area contributed by atoms with Gasteiger partial charge in [-0.2, -0.15) is 0 Å². The maximum Gasteiger partial charge on any atom is 0.246 e. The number of carbonyl (C=O) groups excluding carboxylic acids is 1. The molecule has 1 amide bonds. The molecule has 13 heavy (non-hydrogen) atoms. The maximum atomic E-state index is 10.9. The number of primary amides is 1. The summed E-state index contributed by atoms with van der Waals surface area (Å²) in [6.45, 7) is 3.79. The van der Waals surface area contributed by atoms with Gasteiger partial charge in [0, 0.05) is 6.54 Å². The molecule has 1 saturated heterocycles. The number of hydrogen-bond acceptors (Lipinski definition) is 3. The van der Waals surface area contributed by atoms with E-state index in [9.17, 15) is 4.79 Å². The molecule has 3 N–H and O–H groups in total. The molecule has 0 radical (unpaired) electrons. The van der Waals surface area contributed by atoms with E-state index in [0.29, 0.717) is 6.42 Å². The fraction of sp³-hybridized carbons (Fsp3) is 0.889. The second-order valence-corrected chi connectivity index (χ2v) is 3.40. The molecule has 0 spiro atoms. The van der Waals surface area contributed by atoms with Crippen LogP contribution in [0, 0.1) is 0 Å². The average Bonchev–Trinajstić information content (AvgIpc) is 2.15. The van der Waals surface area contributed by atoms with Crippen molar-refractivity contribution in [1.82, 2.24) is 5.32 Å². The molecule has 0 unspecified atom stereocenters. The summed E-state index contributed by atoms with van der Waals surface area (Å²) in [5, 5.41) is 3.23. The molecule has 0 aliphatic carbocycles. The lowest BCUT2D eigenvalue weighted by atomic mass is 10.1. The lowest BCUT2D eigenvalue weighted by Gasteiger charge is -2.26. The van der Waals surface area contributed by atoms with Gasteiger partial charge in [0.15, 0.2) is 0 Å². The van der Waals surface area contributed by atoms with Crippen molar-refractivity contribution in [3.8, 4) is 0 Å². The van der Waals surface area contributed by atoms with Crippen LogP contribution in [0.25, 0.3) is 0 Å². The predicted molar refractivity (Wildman–Crippen MR) is 50.3 cm³/mol. The largest absolute Gasteiger partial charge is 0.367 e. The van der Waals surface area contributed by atoms with Crippen LogP contribution in [0.4, 0.5) is 0 Å². The summed E-state index contributed by atoms with van der Waals surface area (Å²) in [5.41, 5.74) is 5.18. The molecule has 0 saturated carbocycles. The predicted octanol–water partition coefficient (Wildman–Crippen LogP) is 0.0189. The first-order valence-corrected chi connectivity index (χ1v) is 4.89. The van der Waals surface area contributed by atoms with Gasteiger partial charge in [-0.15, -0.1) is 0 Å². The van der Waals surface area contributed by atoms with Gasteiger partial charge in [0.05, 0.1) is 6.10 Å². The topological polar surface area (TPSA) is 64.3 Å². The van der Waals surface area contributed by atoms with Gasteiger partial charge in [0.2, 0.25) is 5.91 Å². The summed E-state index contributed by atoms with van der Waals surface area (Å²) in [6.07, 6.45) is 2.54. The number of nitrogens with two attached hydrogens (primary N) is 1. The number of carbonyl (C=O) groups is 1. The summed E-state index contributed by atoms with van der Waals surface area (Å²) in [5.74, 6) is -0.354. The van der Waals surface area contributed by atoms with Crippen molar-refractivity contribution in [2.24, 2.45) is 5.73 Å². The molecule has 0 aromatic heterocycles. The van der Waals surface area contributed by atoms with Crippen LogP contribution in [0.5, 0.6) is 0 Å². The highest BCUT2D eigenvalue weighted by molar-refractivity contribution is 5.78. The summed E-state index contributed by atoms with van der Waals surface area (Å²) in [6, 6.07) is 0. The fourth-order valence-corrected chi connectivity index (χ4v) is 1.53. The van der Waals surface area contributed by atoms with Gasteiger partial charge >= 0.3 is 0 Å². The van der Waals surface area contributed by atoms with Crippen LogP contribution < -0.4 is 11.1 Å². The zero-order chi connectivity index (χ0) is 9.68. The second-order valence-electron chi connectivity index (χ2n) is 3.40. The molecule has 1 rings (SSSR count). The van der Waals surface area contributed by atoms with E-state index in [1.165, 1.54) is 0 Å². The molecular formula is C9H18N2O2. The van der Waals surface area contributed by atoms with Gasteiger partial charge in [-0.25, -0.2) is 0 Å². The molecule has 2 atom stereocenters. The molecular weight excluding hydrogens is 168 g/mol. The van der Waals surface area contributed by atoms with Crippen molar-refractivity contribution in [3.63, 3.8) is 0 Å². The summed E-state index contributed by atoms with van der Waals surface area (Å²) in [4.78, 5) is 10.9. The van der Waals surface area contributed by atoms with E-state index in [2.05, 4.69) is 5.32 Å². The molecule has 0 aromatic carbocycles. The smallest absolute Gasteiger partial charge is 0.246 e. The Labute approximate surface area is 78.8 Å². The van der Waals surface area contributed by atoms with Crippen molar-refractivity contribution in [2.75, 3.05) is 13.1 Å². The molecule has 1 aliphatic rings. The Balaban J connectivity index is 2.31. The van der Waals surface area contributed by atoms with Crippen molar-refractivity contribution in [2.45, 2.75) is 38.4 Å². The Morgan fingerprint density at radius 1 is 1.77 bits per heavy atom. The van der Waals surface area contributed by atoms with Crippen molar-refractivity contribution in [1.29, 1.82) is 0 Å². The number of hydrogen-bond donors (Lipinski definition) is 2. The average molecular weight is 186 g/mol. The lowest BCUT2D eigenvalue weighted by Crippen LogP contribution is -2.41. The summed E-state index contributed by atoms with van der Waals surface area (Å²) in [7, 11) is 0. The van der Waals surface area contributed by atoms with E-state index in [0.717, 1.165) is 25.9 Å². The first-order chi connectivity index (χ1) is 6.24. The molecule has 1 fully saturated rings.